The van der Waals surface area contributed by atoms with Crippen LogP contribution in [0, 0.1) is 5.92 Å². The lowest BCUT2D eigenvalue weighted by Gasteiger charge is -2.36. The van der Waals surface area contributed by atoms with Crippen LogP contribution in [0.2, 0.25) is 0 Å². The Kier molecular flexibility index (Phi) is 8.39. The molecule has 2 unspecified atom stereocenters. The Labute approximate surface area is 353 Å². The maximum atomic E-state index is 2.45. The van der Waals surface area contributed by atoms with Crippen LogP contribution in [0.5, 0.6) is 0 Å². The number of anilines is 3. The average molecular weight is 771 g/mol. The molecular weight excluding hydrogens is 725 g/mol. The lowest BCUT2D eigenvalue weighted by molar-refractivity contribution is 0.324. The second-order valence-corrected chi connectivity index (χ2v) is 17.2. The molecule has 1 aromatic heterocycles. The molecule has 0 amide bonds. The molecule has 0 spiro atoms. The van der Waals surface area contributed by atoms with E-state index in [0.717, 1.165) is 17.1 Å². The fraction of sp³-hybridized carbons (Fsp3) is 0.103. The number of para-hydroxylation sites is 3. The van der Waals surface area contributed by atoms with Crippen molar-refractivity contribution in [1.29, 1.82) is 0 Å². The van der Waals surface area contributed by atoms with Crippen molar-refractivity contribution in [2.45, 2.75) is 31.6 Å². The van der Waals surface area contributed by atoms with E-state index in [1.807, 2.05) is 0 Å². The summed E-state index contributed by atoms with van der Waals surface area (Å²) in [4.78, 5) is 2.30. The Bertz CT molecular complexity index is 3060. The van der Waals surface area contributed by atoms with E-state index in [4.69, 9.17) is 0 Å². The van der Waals surface area contributed by atoms with Crippen LogP contribution < -0.4 is 4.90 Å². The third-order valence-corrected chi connectivity index (χ3v) is 13.4. The zero-order valence-electron chi connectivity index (χ0n) is 34.3. The van der Waals surface area contributed by atoms with Gasteiger partial charge in [0.2, 0.25) is 0 Å². The highest BCUT2D eigenvalue weighted by Crippen LogP contribution is 2.57. The average Bonchev–Trinajstić information content (AvgIpc) is 3.72. The normalized spacial score (nSPS) is 17.5. The van der Waals surface area contributed by atoms with Crippen LogP contribution >= 0.6 is 0 Å². The van der Waals surface area contributed by atoms with Crippen LogP contribution in [0.3, 0.4) is 0 Å². The maximum absolute atomic E-state index is 2.45. The predicted octanol–water partition coefficient (Wildman–Crippen LogP) is 15.5. The molecule has 0 saturated carbocycles. The first-order valence-corrected chi connectivity index (χ1v) is 21.1. The minimum absolute atomic E-state index is 0.0401. The van der Waals surface area contributed by atoms with Crippen LogP contribution in [-0.2, 0) is 10.8 Å². The van der Waals surface area contributed by atoms with Crippen molar-refractivity contribution >= 4 is 38.9 Å². The highest BCUT2D eigenvalue weighted by atomic mass is 15.1. The van der Waals surface area contributed by atoms with Gasteiger partial charge in [0, 0.05) is 38.9 Å². The minimum atomic E-state index is 0.0401. The molecule has 1 heterocycles. The summed E-state index contributed by atoms with van der Waals surface area (Å²) in [5.74, 6) is 0.458. The van der Waals surface area contributed by atoms with Crippen molar-refractivity contribution in [3.63, 3.8) is 0 Å². The van der Waals surface area contributed by atoms with Crippen LogP contribution in [-0.4, -0.2) is 4.57 Å². The van der Waals surface area contributed by atoms with Gasteiger partial charge in [-0.2, -0.15) is 0 Å². The fourth-order valence-corrected chi connectivity index (χ4v) is 10.4. The van der Waals surface area contributed by atoms with E-state index in [1.165, 1.54) is 72.0 Å². The SMILES string of the molecule is CC1(C)c2cc(-c3ccc(-n4c5ccccc5c5cc(-c6ccc(-c7ccc(N(c8ccccc8)c8ccccc8)cc7)cc6)ccc54)cc3)ccc2C2(C)C=CC=CC12. The summed E-state index contributed by atoms with van der Waals surface area (Å²) in [5, 5.41) is 2.52. The molecule has 2 aliphatic carbocycles. The highest BCUT2D eigenvalue weighted by molar-refractivity contribution is 6.10. The smallest absolute Gasteiger partial charge is 0.0541 e. The number of rotatable bonds is 7. The Morgan fingerprint density at radius 3 is 1.58 bits per heavy atom. The largest absolute Gasteiger partial charge is 0.311 e. The van der Waals surface area contributed by atoms with Crippen molar-refractivity contribution in [2.75, 3.05) is 4.90 Å². The summed E-state index contributed by atoms with van der Waals surface area (Å²) in [5.41, 5.74) is 17.3. The number of allylic oxidation sites excluding steroid dienone is 4. The van der Waals surface area contributed by atoms with Gasteiger partial charge in [0.05, 0.1) is 11.0 Å². The number of nitrogens with zero attached hydrogens (tertiary/aromatic N) is 2. The second kappa shape index (κ2) is 14.0. The Hall–Kier alpha value is -7.16. The molecule has 0 bridgehead atoms. The third kappa shape index (κ3) is 5.78. The van der Waals surface area contributed by atoms with Crippen molar-refractivity contribution < 1.29 is 0 Å². The number of hydrogen-bond acceptors (Lipinski definition) is 1. The van der Waals surface area contributed by atoms with E-state index in [9.17, 15) is 0 Å². The van der Waals surface area contributed by atoms with E-state index < -0.39 is 0 Å². The van der Waals surface area contributed by atoms with Gasteiger partial charge < -0.3 is 9.47 Å². The molecule has 0 fully saturated rings. The van der Waals surface area contributed by atoms with Gasteiger partial charge in [-0.1, -0.05) is 172 Å². The lowest BCUT2D eigenvalue weighted by Crippen LogP contribution is -2.33. The van der Waals surface area contributed by atoms with E-state index in [2.05, 4.69) is 249 Å². The standard InChI is InChI=1S/C58H46N2/c1-57(2)53-39-45(29-35-52(53)58(3)37-13-12-20-56(57)58)43-27-33-49(34-28-43)60-54-19-11-10-18-50(54)51-38-44(30-36-55(51)60)42-23-21-40(22-24-42)41-25-31-48(32-26-41)59(46-14-6-4-7-15-46)47-16-8-5-9-17-47/h4-39,56H,1-3H3. The molecule has 288 valence electrons. The summed E-state index contributed by atoms with van der Waals surface area (Å²) in [6.45, 7) is 7.22. The van der Waals surface area contributed by atoms with E-state index in [-0.39, 0.29) is 10.8 Å². The maximum Gasteiger partial charge on any atom is 0.0541 e. The minimum Gasteiger partial charge on any atom is -0.311 e. The molecule has 9 aromatic rings. The zero-order chi connectivity index (χ0) is 40.4. The molecule has 11 rings (SSSR count). The quantitative estimate of drug-likeness (QED) is 0.157. The zero-order valence-corrected chi connectivity index (χ0v) is 34.3. The van der Waals surface area contributed by atoms with Crippen LogP contribution in [0.1, 0.15) is 31.9 Å². The van der Waals surface area contributed by atoms with Gasteiger partial charge >= 0.3 is 0 Å². The first-order chi connectivity index (χ1) is 29.4. The van der Waals surface area contributed by atoms with Crippen molar-refractivity contribution in [3.8, 4) is 39.1 Å². The van der Waals surface area contributed by atoms with Crippen molar-refractivity contribution in [2.24, 2.45) is 5.92 Å². The van der Waals surface area contributed by atoms with Gasteiger partial charge in [-0.15, -0.1) is 0 Å². The van der Waals surface area contributed by atoms with Gasteiger partial charge in [-0.25, -0.2) is 0 Å². The van der Waals surface area contributed by atoms with E-state index >= 15 is 0 Å². The summed E-state index contributed by atoms with van der Waals surface area (Å²) >= 11 is 0. The second-order valence-electron chi connectivity index (χ2n) is 17.2. The van der Waals surface area contributed by atoms with Gasteiger partial charge in [0.1, 0.15) is 0 Å². The number of hydrogen-bond donors (Lipinski definition) is 0. The van der Waals surface area contributed by atoms with Gasteiger partial charge in [-0.05, 0) is 123 Å². The fourth-order valence-electron chi connectivity index (χ4n) is 10.4. The molecule has 0 saturated heterocycles. The number of fused-ring (bicyclic) bond motifs is 6. The van der Waals surface area contributed by atoms with Crippen molar-refractivity contribution in [1.82, 2.24) is 4.57 Å². The van der Waals surface area contributed by atoms with Gasteiger partial charge in [0.25, 0.3) is 0 Å². The van der Waals surface area contributed by atoms with Crippen LogP contribution in [0.4, 0.5) is 17.1 Å². The molecule has 60 heavy (non-hydrogen) atoms. The van der Waals surface area contributed by atoms with E-state index in [1.54, 1.807) is 0 Å². The summed E-state index contributed by atoms with van der Waals surface area (Å²) in [6.07, 6.45) is 9.25. The molecule has 2 atom stereocenters. The van der Waals surface area contributed by atoms with E-state index in [0.29, 0.717) is 5.92 Å². The molecule has 0 aliphatic heterocycles. The van der Waals surface area contributed by atoms with Crippen molar-refractivity contribution in [3.05, 3.63) is 230 Å². The topological polar surface area (TPSA) is 8.17 Å². The molecule has 2 heteroatoms. The van der Waals surface area contributed by atoms with Crippen LogP contribution in [0.25, 0.3) is 60.9 Å². The Morgan fingerprint density at radius 1 is 0.417 bits per heavy atom. The first-order valence-electron chi connectivity index (χ1n) is 21.1. The molecule has 8 aromatic carbocycles. The molecule has 2 aliphatic rings. The molecule has 0 radical (unpaired) electrons. The summed E-state index contributed by atoms with van der Waals surface area (Å²) < 4.78 is 2.41. The Morgan fingerprint density at radius 2 is 0.917 bits per heavy atom. The monoisotopic (exact) mass is 770 g/mol. The van der Waals surface area contributed by atoms with Crippen LogP contribution in [0.15, 0.2) is 218 Å². The first kappa shape index (κ1) is 36.0. The van der Waals surface area contributed by atoms with Gasteiger partial charge in [-0.3, -0.25) is 0 Å². The summed E-state index contributed by atoms with van der Waals surface area (Å²) in [7, 11) is 0. The Balaban J connectivity index is 0.883. The van der Waals surface area contributed by atoms with Gasteiger partial charge in [0.15, 0.2) is 0 Å². The molecular formula is C58H46N2. The lowest BCUT2D eigenvalue weighted by atomic mass is 9.67. The highest BCUT2D eigenvalue weighted by Gasteiger charge is 2.51. The number of benzene rings is 8. The number of aromatic nitrogens is 1. The predicted molar refractivity (Wildman–Crippen MR) is 254 cm³/mol. The summed E-state index contributed by atoms with van der Waals surface area (Å²) in [6, 6.07) is 71.0. The molecule has 0 N–H and O–H groups in total. The molecule has 2 nitrogen and oxygen atoms in total. The third-order valence-electron chi connectivity index (χ3n) is 13.4.